The Balaban J connectivity index is 4.19. The van der Waals surface area contributed by atoms with Crippen LogP contribution in [-0.4, -0.2) is 81.2 Å². The van der Waals surface area contributed by atoms with E-state index >= 15 is 0 Å². The summed E-state index contributed by atoms with van der Waals surface area (Å²) in [4.78, 5) is 44.1. The molecule has 3 unspecified atom stereocenters. The van der Waals surface area contributed by atoms with Crippen molar-refractivity contribution in [2.24, 2.45) is 0 Å². The van der Waals surface area contributed by atoms with Crippen molar-refractivity contribution in [1.82, 2.24) is 13.7 Å². The van der Waals surface area contributed by atoms with Gasteiger partial charge in [-0.05, 0) is 57.8 Å². The molecular formula is C33H66N3O9Si3. The van der Waals surface area contributed by atoms with Gasteiger partial charge in [-0.2, -0.15) is 0 Å². The van der Waals surface area contributed by atoms with Crippen LogP contribution >= 0.6 is 0 Å². The second-order valence-corrected chi connectivity index (χ2v) is 17.5. The number of rotatable bonds is 30. The van der Waals surface area contributed by atoms with Gasteiger partial charge in [-0.25, -0.2) is 28.1 Å². The zero-order chi connectivity index (χ0) is 35.9. The van der Waals surface area contributed by atoms with Gasteiger partial charge in [-0.1, -0.05) is 81.6 Å². The molecule has 0 saturated carbocycles. The number of unbranched alkanes of at least 4 members (excludes halogenated alkanes) is 3. The molecule has 3 radical (unpaired) electrons. The quantitative estimate of drug-likeness (QED) is 0.0710. The lowest BCUT2D eigenvalue weighted by molar-refractivity contribution is 0.163. The second kappa shape index (κ2) is 26.6. The SMILES string of the molecule is CCCCO[Si](OCCC)C(CC)n1c(=O)n(C(CC)[Si](OCCC)OCCCC)c(=O)n(C(CC)[Si](OCCC)OCCCC)c1=O. The molecule has 1 aromatic heterocycles. The van der Waals surface area contributed by atoms with Crippen molar-refractivity contribution in [3.8, 4) is 0 Å². The van der Waals surface area contributed by atoms with E-state index in [0.717, 1.165) is 57.8 Å². The number of hydrogen-bond acceptors (Lipinski definition) is 9. The fourth-order valence-corrected chi connectivity index (χ4v) is 11.0. The average Bonchev–Trinajstić information content (AvgIpc) is 3.08. The Morgan fingerprint density at radius 3 is 0.812 bits per heavy atom. The van der Waals surface area contributed by atoms with Gasteiger partial charge in [0, 0.05) is 39.6 Å². The molecule has 1 rings (SSSR count). The Labute approximate surface area is 295 Å². The fraction of sp³-hybridized carbons (Fsp3) is 0.909. The molecule has 0 N–H and O–H groups in total. The third-order valence-electron chi connectivity index (χ3n) is 7.72. The molecule has 0 saturated heterocycles. The third-order valence-corrected chi connectivity index (χ3v) is 14.3. The van der Waals surface area contributed by atoms with Crippen LogP contribution in [0.5, 0.6) is 0 Å². The molecule has 0 spiro atoms. The maximum absolute atomic E-state index is 14.7. The van der Waals surface area contributed by atoms with E-state index in [1.165, 1.54) is 13.7 Å². The van der Waals surface area contributed by atoms with Crippen molar-refractivity contribution in [3.05, 3.63) is 31.5 Å². The van der Waals surface area contributed by atoms with E-state index in [-0.39, 0.29) is 0 Å². The smallest absolute Gasteiger partial charge is 0.392 e. The van der Waals surface area contributed by atoms with Crippen molar-refractivity contribution in [3.63, 3.8) is 0 Å². The minimum absolute atomic E-state index is 0.416. The number of nitrogens with zero attached hydrogens (tertiary/aromatic N) is 3. The molecule has 0 fully saturated rings. The summed E-state index contributed by atoms with van der Waals surface area (Å²) in [6.07, 6.45) is 8.86. The monoisotopic (exact) mass is 732 g/mol. The molecule has 0 aliphatic rings. The van der Waals surface area contributed by atoms with Crippen LogP contribution in [0, 0.1) is 0 Å². The highest BCUT2D eigenvalue weighted by Gasteiger charge is 2.40. The molecule has 15 heteroatoms. The molecule has 0 aliphatic heterocycles. The molecule has 0 aromatic carbocycles. The summed E-state index contributed by atoms with van der Waals surface area (Å²) in [6, 6.07) is 0. The molecular weight excluding hydrogens is 667 g/mol. The Morgan fingerprint density at radius 1 is 0.396 bits per heavy atom. The Kier molecular flexibility index (Phi) is 24.9. The maximum atomic E-state index is 14.7. The second-order valence-electron chi connectivity index (χ2n) is 11.8. The summed E-state index contributed by atoms with van der Waals surface area (Å²) >= 11 is 0. The van der Waals surface area contributed by atoms with Crippen LogP contribution in [-0.2, 0) is 26.6 Å². The van der Waals surface area contributed by atoms with Crippen LogP contribution in [0.15, 0.2) is 14.4 Å². The first-order chi connectivity index (χ1) is 23.3. The van der Waals surface area contributed by atoms with Gasteiger partial charge in [-0.3, -0.25) is 0 Å². The lowest BCUT2D eigenvalue weighted by Gasteiger charge is -2.31. The summed E-state index contributed by atoms with van der Waals surface area (Å²) in [5, 5.41) is 0. The molecule has 0 amide bonds. The Hall–Kier alpha value is -1.18. The summed E-state index contributed by atoms with van der Waals surface area (Å²) in [5.74, 6) is 0. The van der Waals surface area contributed by atoms with Crippen LogP contribution in [0.4, 0.5) is 0 Å². The van der Waals surface area contributed by atoms with Gasteiger partial charge in [-0.15, -0.1) is 0 Å². The first-order valence-electron chi connectivity index (χ1n) is 18.6. The Morgan fingerprint density at radius 2 is 0.625 bits per heavy atom. The molecule has 279 valence electrons. The van der Waals surface area contributed by atoms with Gasteiger partial charge in [0.15, 0.2) is 0 Å². The first kappa shape index (κ1) is 44.8. The van der Waals surface area contributed by atoms with Crippen LogP contribution in [0.3, 0.4) is 0 Å². The van der Waals surface area contributed by atoms with Crippen LogP contribution < -0.4 is 17.1 Å². The molecule has 0 bridgehead atoms. The largest absolute Gasteiger partial charge is 0.410 e. The average molecular weight is 733 g/mol. The van der Waals surface area contributed by atoms with Crippen molar-refractivity contribution >= 4 is 27.9 Å². The molecule has 0 aliphatic carbocycles. The number of aromatic nitrogens is 3. The molecule has 12 nitrogen and oxygen atoms in total. The highest BCUT2D eigenvalue weighted by atomic mass is 28.3. The van der Waals surface area contributed by atoms with Gasteiger partial charge in [0.2, 0.25) is 0 Å². The van der Waals surface area contributed by atoms with E-state index < -0.39 is 61.9 Å². The number of hydrogen-bond donors (Lipinski definition) is 0. The summed E-state index contributed by atoms with van der Waals surface area (Å²) in [7, 11) is -6.45. The molecule has 48 heavy (non-hydrogen) atoms. The van der Waals surface area contributed by atoms with Crippen molar-refractivity contribution in [2.75, 3.05) is 39.6 Å². The summed E-state index contributed by atoms with van der Waals surface area (Å²) in [6.45, 7) is 20.8. The standard InChI is InChI=1S/C33H66N3O9Si3/c1-10-19-25-43-46(40-22-13-4)28(16-7)34-31(37)35(29(17-8)47(41-23-14-5)44-26-20-11-2)33(39)36(32(34)38)30(18-9)48(42-24-15-6)45-27-21-12-3/h28-30H,10-27H2,1-9H3. The van der Waals surface area contributed by atoms with Crippen molar-refractivity contribution in [1.29, 1.82) is 0 Å². The predicted molar refractivity (Wildman–Crippen MR) is 196 cm³/mol. The third kappa shape index (κ3) is 13.5. The lowest BCUT2D eigenvalue weighted by atomic mass is 10.4. The first-order valence-corrected chi connectivity index (χ1v) is 22.8. The predicted octanol–water partition coefficient (Wildman–Crippen LogP) is 5.84. The normalized spacial score (nSPS) is 14.0. The van der Waals surface area contributed by atoms with E-state index in [4.69, 9.17) is 26.6 Å². The van der Waals surface area contributed by atoms with Gasteiger partial charge < -0.3 is 26.6 Å². The van der Waals surface area contributed by atoms with Gasteiger partial charge >= 0.3 is 44.9 Å². The molecule has 3 atom stereocenters. The Bertz CT molecular complexity index is 982. The fourth-order valence-electron chi connectivity index (χ4n) is 5.02. The zero-order valence-electron chi connectivity index (χ0n) is 31.5. The van der Waals surface area contributed by atoms with E-state index in [1.54, 1.807) is 0 Å². The van der Waals surface area contributed by atoms with Crippen LogP contribution in [0.1, 0.15) is 156 Å². The molecule has 1 aromatic rings. The van der Waals surface area contributed by atoms with E-state index in [1.807, 2.05) is 41.5 Å². The van der Waals surface area contributed by atoms with Crippen LogP contribution in [0.2, 0.25) is 0 Å². The summed E-state index contributed by atoms with van der Waals surface area (Å²) in [5.41, 5.74) is -4.04. The highest BCUT2D eigenvalue weighted by molar-refractivity contribution is 6.46. The van der Waals surface area contributed by atoms with E-state index in [0.29, 0.717) is 58.9 Å². The maximum Gasteiger partial charge on any atom is 0.410 e. The molecule has 1 heterocycles. The van der Waals surface area contributed by atoms with E-state index in [2.05, 4.69) is 20.8 Å². The minimum atomic E-state index is -2.15. The topological polar surface area (TPSA) is 121 Å². The lowest BCUT2D eigenvalue weighted by Crippen LogP contribution is -2.62. The minimum Gasteiger partial charge on any atom is -0.392 e. The van der Waals surface area contributed by atoms with Gasteiger partial charge in [0.1, 0.15) is 0 Å². The van der Waals surface area contributed by atoms with Crippen molar-refractivity contribution < 1.29 is 26.6 Å². The van der Waals surface area contributed by atoms with Gasteiger partial charge in [0.05, 0.1) is 17.0 Å². The van der Waals surface area contributed by atoms with Crippen LogP contribution in [0.25, 0.3) is 0 Å². The summed E-state index contributed by atoms with van der Waals surface area (Å²) < 4.78 is 41.5. The highest BCUT2D eigenvalue weighted by Crippen LogP contribution is 2.20. The van der Waals surface area contributed by atoms with E-state index in [9.17, 15) is 14.4 Å². The van der Waals surface area contributed by atoms with Gasteiger partial charge in [0.25, 0.3) is 0 Å². The van der Waals surface area contributed by atoms with Crippen molar-refractivity contribution in [2.45, 2.75) is 156 Å². The zero-order valence-corrected chi connectivity index (χ0v) is 34.5.